The molecule has 90 valence electrons. The molecule has 1 saturated carbocycles. The molecule has 0 bridgehead atoms. The molecule has 1 unspecified atom stereocenters. The molecule has 1 aromatic rings. The lowest BCUT2D eigenvalue weighted by Gasteiger charge is -2.12. The third-order valence-corrected chi connectivity index (χ3v) is 3.19. The Labute approximate surface area is 102 Å². The fourth-order valence-corrected chi connectivity index (χ4v) is 1.85. The number of nitrogens with one attached hydrogen (secondary N) is 1. The molecule has 0 spiro atoms. The lowest BCUT2D eigenvalue weighted by molar-refractivity contribution is 0.174. The van der Waals surface area contributed by atoms with Crippen molar-refractivity contribution in [2.24, 2.45) is 5.92 Å². The van der Waals surface area contributed by atoms with E-state index in [-0.39, 0.29) is 0 Å². The smallest absolute Gasteiger partial charge is 0.0991 e. The first kappa shape index (κ1) is 12.1. The van der Waals surface area contributed by atoms with Gasteiger partial charge in [-0.3, -0.25) is 0 Å². The summed E-state index contributed by atoms with van der Waals surface area (Å²) in [5.74, 6) is 0.926. The van der Waals surface area contributed by atoms with Crippen LogP contribution in [0.25, 0.3) is 0 Å². The minimum Gasteiger partial charge on any atom is -0.387 e. The van der Waals surface area contributed by atoms with Crippen molar-refractivity contribution in [3.8, 4) is 6.07 Å². The van der Waals surface area contributed by atoms with E-state index in [2.05, 4.69) is 11.4 Å². The van der Waals surface area contributed by atoms with Crippen molar-refractivity contribution in [3.05, 3.63) is 35.4 Å². The molecule has 3 nitrogen and oxygen atoms in total. The van der Waals surface area contributed by atoms with Gasteiger partial charge in [0.25, 0.3) is 0 Å². The second-order valence-electron chi connectivity index (χ2n) is 4.69. The Hall–Kier alpha value is -1.37. The van der Waals surface area contributed by atoms with Crippen LogP contribution < -0.4 is 5.32 Å². The lowest BCUT2D eigenvalue weighted by Crippen LogP contribution is -2.22. The largest absolute Gasteiger partial charge is 0.387 e. The maximum Gasteiger partial charge on any atom is 0.0991 e. The van der Waals surface area contributed by atoms with Crippen LogP contribution in [0.5, 0.6) is 0 Å². The van der Waals surface area contributed by atoms with Gasteiger partial charge in [-0.25, -0.2) is 0 Å². The zero-order valence-corrected chi connectivity index (χ0v) is 9.89. The van der Waals surface area contributed by atoms with Crippen LogP contribution in [0.3, 0.4) is 0 Å². The van der Waals surface area contributed by atoms with Crippen LogP contribution in [0.2, 0.25) is 0 Å². The standard InChI is InChI=1S/C14H18N2O/c15-9-12-3-5-13(6-4-12)14(17)10-16-8-7-11-1-2-11/h3-6,11,14,16-17H,1-2,7-8,10H2. The Balaban J connectivity index is 1.73. The van der Waals surface area contributed by atoms with Gasteiger partial charge in [-0.2, -0.15) is 5.26 Å². The number of benzene rings is 1. The highest BCUT2D eigenvalue weighted by atomic mass is 16.3. The summed E-state index contributed by atoms with van der Waals surface area (Å²) in [6, 6.07) is 9.17. The van der Waals surface area contributed by atoms with Crippen LogP contribution in [-0.2, 0) is 0 Å². The average molecular weight is 230 g/mol. The maximum atomic E-state index is 9.92. The molecule has 0 saturated heterocycles. The molecule has 1 aromatic carbocycles. The molecule has 1 aliphatic carbocycles. The van der Waals surface area contributed by atoms with E-state index < -0.39 is 6.10 Å². The van der Waals surface area contributed by atoms with Crippen molar-refractivity contribution in [2.75, 3.05) is 13.1 Å². The van der Waals surface area contributed by atoms with Gasteiger partial charge in [0, 0.05) is 6.54 Å². The zero-order chi connectivity index (χ0) is 12.1. The predicted octanol–water partition coefficient (Wildman–Crippen LogP) is 1.98. The highest BCUT2D eigenvalue weighted by Gasteiger charge is 2.20. The maximum absolute atomic E-state index is 9.92. The summed E-state index contributed by atoms with van der Waals surface area (Å²) in [5, 5.41) is 21.9. The van der Waals surface area contributed by atoms with Gasteiger partial charge in [0.05, 0.1) is 17.7 Å². The third kappa shape index (κ3) is 3.85. The highest BCUT2D eigenvalue weighted by Crippen LogP contribution is 2.31. The summed E-state index contributed by atoms with van der Waals surface area (Å²) < 4.78 is 0. The second-order valence-corrected chi connectivity index (χ2v) is 4.69. The van der Waals surface area contributed by atoms with Crippen molar-refractivity contribution in [1.82, 2.24) is 5.32 Å². The van der Waals surface area contributed by atoms with Gasteiger partial charge in [0.1, 0.15) is 0 Å². The Morgan fingerprint density at radius 2 is 2.06 bits per heavy atom. The van der Waals surface area contributed by atoms with Crippen molar-refractivity contribution in [2.45, 2.75) is 25.4 Å². The van der Waals surface area contributed by atoms with Crippen LogP contribution in [0.4, 0.5) is 0 Å². The second kappa shape index (κ2) is 5.81. The van der Waals surface area contributed by atoms with Gasteiger partial charge in [0.15, 0.2) is 0 Å². The van der Waals surface area contributed by atoms with E-state index in [1.165, 1.54) is 19.3 Å². The molecule has 1 atom stereocenters. The molecule has 0 aliphatic heterocycles. The van der Waals surface area contributed by atoms with E-state index in [0.29, 0.717) is 12.1 Å². The van der Waals surface area contributed by atoms with Crippen LogP contribution >= 0.6 is 0 Å². The summed E-state index contributed by atoms with van der Waals surface area (Å²) in [4.78, 5) is 0. The van der Waals surface area contributed by atoms with Crippen molar-refractivity contribution < 1.29 is 5.11 Å². The van der Waals surface area contributed by atoms with E-state index in [1.807, 2.05) is 12.1 Å². The van der Waals surface area contributed by atoms with E-state index >= 15 is 0 Å². The molecule has 1 aliphatic rings. The molecule has 0 amide bonds. The van der Waals surface area contributed by atoms with E-state index in [4.69, 9.17) is 5.26 Å². The number of aliphatic hydroxyl groups excluding tert-OH is 1. The number of nitriles is 1. The van der Waals surface area contributed by atoms with Gasteiger partial charge < -0.3 is 10.4 Å². The van der Waals surface area contributed by atoms with Crippen molar-refractivity contribution in [3.63, 3.8) is 0 Å². The van der Waals surface area contributed by atoms with E-state index in [9.17, 15) is 5.11 Å². The van der Waals surface area contributed by atoms with Gasteiger partial charge in [-0.15, -0.1) is 0 Å². The number of hydrogen-bond donors (Lipinski definition) is 2. The minimum atomic E-state index is -0.484. The van der Waals surface area contributed by atoms with Crippen LogP contribution in [-0.4, -0.2) is 18.2 Å². The fourth-order valence-electron chi connectivity index (χ4n) is 1.85. The predicted molar refractivity (Wildman–Crippen MR) is 66.3 cm³/mol. The minimum absolute atomic E-state index is 0.484. The van der Waals surface area contributed by atoms with Crippen molar-refractivity contribution in [1.29, 1.82) is 5.26 Å². The molecule has 0 radical (unpaired) electrons. The monoisotopic (exact) mass is 230 g/mol. The van der Waals surface area contributed by atoms with Gasteiger partial charge in [-0.05, 0) is 36.6 Å². The molecule has 0 aromatic heterocycles. The normalized spacial score (nSPS) is 16.5. The first-order valence-corrected chi connectivity index (χ1v) is 6.18. The average Bonchev–Trinajstić information content (AvgIpc) is 3.18. The molecule has 2 rings (SSSR count). The fraction of sp³-hybridized carbons (Fsp3) is 0.500. The highest BCUT2D eigenvalue weighted by molar-refractivity contribution is 5.32. The Morgan fingerprint density at radius 3 is 2.65 bits per heavy atom. The van der Waals surface area contributed by atoms with Gasteiger partial charge in [0.2, 0.25) is 0 Å². The molecular formula is C14H18N2O. The van der Waals surface area contributed by atoms with Crippen LogP contribution in [0.15, 0.2) is 24.3 Å². The number of aliphatic hydroxyl groups is 1. The Kier molecular flexibility index (Phi) is 4.13. The molecule has 0 heterocycles. The van der Waals surface area contributed by atoms with Gasteiger partial charge in [-0.1, -0.05) is 25.0 Å². The summed E-state index contributed by atoms with van der Waals surface area (Å²) in [6.07, 6.45) is 3.49. The topological polar surface area (TPSA) is 56.0 Å². The molecule has 17 heavy (non-hydrogen) atoms. The SMILES string of the molecule is N#Cc1ccc(C(O)CNCCC2CC2)cc1. The van der Waals surface area contributed by atoms with Crippen molar-refractivity contribution >= 4 is 0 Å². The molecule has 1 fully saturated rings. The molecular weight excluding hydrogens is 212 g/mol. The summed E-state index contributed by atoms with van der Waals surface area (Å²) in [5.41, 5.74) is 1.49. The van der Waals surface area contributed by atoms with E-state index in [0.717, 1.165) is 18.0 Å². The van der Waals surface area contributed by atoms with Crippen LogP contribution in [0.1, 0.15) is 36.5 Å². The summed E-state index contributed by atoms with van der Waals surface area (Å²) in [7, 11) is 0. The number of rotatable bonds is 6. The third-order valence-electron chi connectivity index (χ3n) is 3.19. The van der Waals surface area contributed by atoms with Crippen LogP contribution in [0, 0.1) is 17.2 Å². The molecule has 3 heteroatoms. The summed E-state index contributed by atoms with van der Waals surface area (Å²) in [6.45, 7) is 1.57. The Morgan fingerprint density at radius 1 is 1.35 bits per heavy atom. The quantitative estimate of drug-likeness (QED) is 0.735. The van der Waals surface area contributed by atoms with E-state index in [1.54, 1.807) is 12.1 Å². The lowest BCUT2D eigenvalue weighted by atomic mass is 10.1. The molecule has 2 N–H and O–H groups in total. The van der Waals surface area contributed by atoms with Gasteiger partial charge >= 0.3 is 0 Å². The first-order chi connectivity index (χ1) is 8.29. The first-order valence-electron chi connectivity index (χ1n) is 6.18. The zero-order valence-electron chi connectivity index (χ0n) is 9.89. The Bertz CT molecular complexity index is 390. The summed E-state index contributed by atoms with van der Waals surface area (Å²) >= 11 is 0. The number of hydrogen-bond acceptors (Lipinski definition) is 3. The number of nitrogens with zero attached hydrogens (tertiary/aromatic N) is 1.